The maximum atomic E-state index is 5.55. The molecule has 58 valence electrons. The minimum atomic E-state index is 0.661. The molecule has 0 bridgehead atoms. The molecule has 1 nitrogen and oxygen atoms in total. The monoisotopic (exact) mass is 140 g/mol. The Hall–Kier alpha value is -0.0400. The molecule has 1 aliphatic carbocycles. The highest BCUT2D eigenvalue weighted by atomic mass is 16.6. The zero-order valence-corrected chi connectivity index (χ0v) is 6.84. The second kappa shape index (κ2) is 2.23. The predicted molar refractivity (Wildman–Crippen MR) is 40.8 cm³/mol. The fraction of sp³-hybridized carbons (Fsp3) is 1.00. The van der Waals surface area contributed by atoms with Crippen LogP contribution in [0.5, 0.6) is 0 Å². The first-order valence-corrected chi connectivity index (χ1v) is 4.44. The molecule has 2 aliphatic rings. The fourth-order valence-electron chi connectivity index (χ4n) is 2.20. The summed E-state index contributed by atoms with van der Waals surface area (Å²) < 4.78 is 5.55. The van der Waals surface area contributed by atoms with Gasteiger partial charge in [0.05, 0.1) is 12.2 Å². The quantitative estimate of drug-likeness (QED) is 0.509. The van der Waals surface area contributed by atoms with Gasteiger partial charge in [0.25, 0.3) is 0 Å². The van der Waals surface area contributed by atoms with Gasteiger partial charge in [0, 0.05) is 0 Å². The normalized spacial score (nSPS) is 45.3. The molecule has 0 unspecified atom stereocenters. The van der Waals surface area contributed by atoms with Crippen molar-refractivity contribution in [1.82, 2.24) is 0 Å². The molecule has 0 radical (unpaired) electrons. The van der Waals surface area contributed by atoms with E-state index in [1.807, 2.05) is 0 Å². The molecule has 1 heterocycles. The first-order valence-electron chi connectivity index (χ1n) is 4.44. The van der Waals surface area contributed by atoms with Crippen LogP contribution in [-0.4, -0.2) is 12.2 Å². The van der Waals surface area contributed by atoms with Gasteiger partial charge >= 0.3 is 0 Å². The topological polar surface area (TPSA) is 12.5 Å². The largest absolute Gasteiger partial charge is 0.369 e. The van der Waals surface area contributed by atoms with Crippen LogP contribution in [0.4, 0.5) is 0 Å². The maximum absolute atomic E-state index is 5.55. The molecular formula is C9H16O. The van der Waals surface area contributed by atoms with Crippen LogP contribution in [-0.2, 0) is 4.74 Å². The number of hydrogen-bond donors (Lipinski definition) is 0. The molecule has 2 fully saturated rings. The van der Waals surface area contributed by atoms with Gasteiger partial charge in [-0.2, -0.15) is 0 Å². The fourth-order valence-corrected chi connectivity index (χ4v) is 2.20. The van der Waals surface area contributed by atoms with Gasteiger partial charge in [-0.15, -0.1) is 0 Å². The standard InChI is InChI=1S/C9H16O/c1-6(2)7-4-3-5-8-9(7)10-8/h6-9H,3-5H2,1-2H3/t7-,8+,9-/m1/s1. The average Bonchev–Trinajstić information content (AvgIpc) is 2.63. The average molecular weight is 140 g/mol. The first-order chi connectivity index (χ1) is 4.79. The summed E-state index contributed by atoms with van der Waals surface area (Å²) in [6, 6.07) is 0. The summed E-state index contributed by atoms with van der Waals surface area (Å²) in [5.41, 5.74) is 0. The lowest BCUT2D eigenvalue weighted by atomic mass is 9.82. The molecule has 0 amide bonds. The highest BCUT2D eigenvalue weighted by Crippen LogP contribution is 2.43. The van der Waals surface area contributed by atoms with Crippen molar-refractivity contribution in [1.29, 1.82) is 0 Å². The van der Waals surface area contributed by atoms with Crippen LogP contribution in [0, 0.1) is 11.8 Å². The first kappa shape index (κ1) is 6.66. The summed E-state index contributed by atoms with van der Waals surface area (Å²) >= 11 is 0. The molecular weight excluding hydrogens is 124 g/mol. The van der Waals surface area contributed by atoms with E-state index in [9.17, 15) is 0 Å². The Labute approximate surface area is 62.8 Å². The molecule has 1 saturated carbocycles. The van der Waals surface area contributed by atoms with E-state index in [0.717, 1.165) is 11.8 Å². The Kier molecular flexibility index (Phi) is 1.48. The zero-order chi connectivity index (χ0) is 7.14. The van der Waals surface area contributed by atoms with E-state index in [2.05, 4.69) is 13.8 Å². The van der Waals surface area contributed by atoms with E-state index in [4.69, 9.17) is 4.74 Å². The number of fused-ring (bicyclic) bond motifs is 1. The van der Waals surface area contributed by atoms with Crippen molar-refractivity contribution in [2.24, 2.45) is 11.8 Å². The molecule has 10 heavy (non-hydrogen) atoms. The maximum Gasteiger partial charge on any atom is 0.0872 e. The van der Waals surface area contributed by atoms with Crippen LogP contribution in [0.15, 0.2) is 0 Å². The Morgan fingerprint density at radius 2 is 2.10 bits per heavy atom. The van der Waals surface area contributed by atoms with E-state index in [0.29, 0.717) is 12.2 Å². The predicted octanol–water partition coefficient (Wildman–Crippen LogP) is 2.21. The summed E-state index contributed by atoms with van der Waals surface area (Å²) in [6.07, 6.45) is 5.45. The van der Waals surface area contributed by atoms with Crippen LogP contribution >= 0.6 is 0 Å². The lowest BCUT2D eigenvalue weighted by Gasteiger charge is -2.21. The summed E-state index contributed by atoms with van der Waals surface area (Å²) in [5, 5.41) is 0. The Morgan fingerprint density at radius 1 is 1.30 bits per heavy atom. The number of rotatable bonds is 1. The van der Waals surface area contributed by atoms with Gasteiger partial charge in [-0.05, 0) is 24.7 Å². The Morgan fingerprint density at radius 3 is 2.70 bits per heavy atom. The van der Waals surface area contributed by atoms with Crippen molar-refractivity contribution in [3.63, 3.8) is 0 Å². The second-order valence-corrected chi connectivity index (χ2v) is 3.98. The summed E-state index contributed by atoms with van der Waals surface area (Å²) in [7, 11) is 0. The third-order valence-electron chi connectivity index (χ3n) is 2.93. The smallest absolute Gasteiger partial charge is 0.0872 e. The van der Waals surface area contributed by atoms with Gasteiger partial charge in [0.15, 0.2) is 0 Å². The van der Waals surface area contributed by atoms with Crippen LogP contribution in [0.3, 0.4) is 0 Å². The third-order valence-corrected chi connectivity index (χ3v) is 2.93. The molecule has 0 aromatic heterocycles. The molecule has 0 aromatic carbocycles. The summed E-state index contributed by atoms with van der Waals surface area (Å²) in [6.45, 7) is 4.63. The molecule has 2 rings (SSSR count). The van der Waals surface area contributed by atoms with Crippen LogP contribution in [0.2, 0.25) is 0 Å². The SMILES string of the molecule is CC(C)[C@H]1CCC[C@@H]2O[C@@H]21. The third kappa shape index (κ3) is 0.968. The molecule has 1 heteroatoms. The van der Waals surface area contributed by atoms with Gasteiger partial charge in [0.2, 0.25) is 0 Å². The number of ether oxygens (including phenoxy) is 1. The van der Waals surface area contributed by atoms with Crippen molar-refractivity contribution >= 4 is 0 Å². The highest BCUT2D eigenvalue weighted by molar-refractivity contribution is 4.95. The van der Waals surface area contributed by atoms with Crippen molar-refractivity contribution in [3.05, 3.63) is 0 Å². The van der Waals surface area contributed by atoms with Crippen molar-refractivity contribution in [2.45, 2.75) is 45.3 Å². The van der Waals surface area contributed by atoms with Crippen molar-refractivity contribution in [3.8, 4) is 0 Å². The Balaban J connectivity index is 1.96. The van der Waals surface area contributed by atoms with E-state index in [-0.39, 0.29) is 0 Å². The summed E-state index contributed by atoms with van der Waals surface area (Å²) in [5.74, 6) is 1.70. The van der Waals surface area contributed by atoms with Gasteiger partial charge in [-0.3, -0.25) is 0 Å². The lowest BCUT2D eigenvalue weighted by Crippen LogP contribution is -2.21. The van der Waals surface area contributed by atoms with E-state index >= 15 is 0 Å². The van der Waals surface area contributed by atoms with Gasteiger partial charge in [0.1, 0.15) is 0 Å². The minimum absolute atomic E-state index is 0.661. The second-order valence-electron chi connectivity index (χ2n) is 3.98. The number of epoxide rings is 1. The number of hydrogen-bond acceptors (Lipinski definition) is 1. The van der Waals surface area contributed by atoms with Gasteiger partial charge in [-0.1, -0.05) is 20.3 Å². The van der Waals surface area contributed by atoms with Crippen LogP contribution in [0.25, 0.3) is 0 Å². The molecule has 0 N–H and O–H groups in total. The van der Waals surface area contributed by atoms with E-state index < -0.39 is 0 Å². The molecule has 3 atom stereocenters. The molecule has 0 spiro atoms. The zero-order valence-electron chi connectivity index (χ0n) is 6.84. The van der Waals surface area contributed by atoms with E-state index in [1.54, 1.807) is 0 Å². The van der Waals surface area contributed by atoms with Gasteiger partial charge in [-0.25, -0.2) is 0 Å². The lowest BCUT2D eigenvalue weighted by molar-refractivity contribution is 0.262. The molecule has 1 saturated heterocycles. The van der Waals surface area contributed by atoms with Crippen molar-refractivity contribution < 1.29 is 4.74 Å². The van der Waals surface area contributed by atoms with Gasteiger partial charge < -0.3 is 4.74 Å². The highest BCUT2D eigenvalue weighted by Gasteiger charge is 2.47. The van der Waals surface area contributed by atoms with Crippen molar-refractivity contribution in [2.75, 3.05) is 0 Å². The molecule has 0 aromatic rings. The van der Waals surface area contributed by atoms with Crippen LogP contribution in [0.1, 0.15) is 33.1 Å². The van der Waals surface area contributed by atoms with Crippen LogP contribution < -0.4 is 0 Å². The summed E-state index contributed by atoms with van der Waals surface area (Å²) in [4.78, 5) is 0. The Bertz CT molecular complexity index is 131. The minimum Gasteiger partial charge on any atom is -0.369 e. The van der Waals surface area contributed by atoms with E-state index in [1.165, 1.54) is 19.3 Å². The molecule has 1 aliphatic heterocycles.